The van der Waals surface area contributed by atoms with Gasteiger partial charge in [0, 0.05) is 12.1 Å². The van der Waals surface area contributed by atoms with E-state index in [1.54, 1.807) is 6.07 Å². The van der Waals surface area contributed by atoms with Gasteiger partial charge in [-0.3, -0.25) is 14.9 Å². The van der Waals surface area contributed by atoms with Crippen LogP contribution in [0.2, 0.25) is 0 Å². The van der Waals surface area contributed by atoms with E-state index >= 15 is 0 Å². The van der Waals surface area contributed by atoms with Gasteiger partial charge in [-0.15, -0.1) is 0 Å². The van der Waals surface area contributed by atoms with Crippen molar-refractivity contribution in [2.24, 2.45) is 0 Å². The smallest absolute Gasteiger partial charge is 0.270 e. The summed E-state index contributed by atoms with van der Waals surface area (Å²) in [5, 5.41) is 11.1. The summed E-state index contributed by atoms with van der Waals surface area (Å²) in [5.41, 5.74) is 2.84. The first-order chi connectivity index (χ1) is 10.5. The molecule has 5 nitrogen and oxygen atoms in total. The molecule has 0 saturated heterocycles. The van der Waals surface area contributed by atoms with E-state index in [4.69, 9.17) is 0 Å². The SMILES string of the molecule is Cc1ccc(-c2[nH]c3ccc([N+](=O)[O-])cc3c(=O)c2Br)cc1. The minimum atomic E-state index is -0.513. The highest BCUT2D eigenvalue weighted by Crippen LogP contribution is 2.27. The second-order valence-corrected chi connectivity index (χ2v) is 5.79. The highest BCUT2D eigenvalue weighted by molar-refractivity contribution is 9.10. The maximum atomic E-state index is 12.5. The van der Waals surface area contributed by atoms with Crippen LogP contribution in [-0.4, -0.2) is 9.91 Å². The van der Waals surface area contributed by atoms with Gasteiger partial charge in [0.05, 0.1) is 26.0 Å². The number of aryl methyl sites for hydroxylation is 1. The van der Waals surface area contributed by atoms with E-state index in [9.17, 15) is 14.9 Å². The van der Waals surface area contributed by atoms with Crippen molar-refractivity contribution >= 4 is 32.5 Å². The Kier molecular flexibility index (Phi) is 3.54. The molecule has 0 aliphatic heterocycles. The molecule has 22 heavy (non-hydrogen) atoms. The molecule has 1 aromatic heterocycles. The molecule has 2 aromatic carbocycles. The van der Waals surface area contributed by atoms with Crippen LogP contribution in [0.3, 0.4) is 0 Å². The quantitative estimate of drug-likeness (QED) is 0.551. The van der Waals surface area contributed by atoms with Crippen molar-refractivity contribution in [3.63, 3.8) is 0 Å². The van der Waals surface area contributed by atoms with Crippen LogP contribution in [0.5, 0.6) is 0 Å². The summed E-state index contributed by atoms with van der Waals surface area (Å²) in [4.78, 5) is 26.0. The Hall–Kier alpha value is -2.47. The fourth-order valence-corrected chi connectivity index (χ4v) is 2.82. The van der Waals surface area contributed by atoms with Crippen molar-refractivity contribution in [2.75, 3.05) is 0 Å². The van der Waals surface area contributed by atoms with Gasteiger partial charge < -0.3 is 4.98 Å². The average molecular weight is 359 g/mol. The van der Waals surface area contributed by atoms with E-state index < -0.39 is 4.92 Å². The molecule has 0 radical (unpaired) electrons. The lowest BCUT2D eigenvalue weighted by molar-refractivity contribution is -0.384. The molecular weight excluding hydrogens is 348 g/mol. The molecule has 110 valence electrons. The molecule has 0 aliphatic rings. The number of fused-ring (bicyclic) bond motifs is 1. The molecule has 0 aliphatic carbocycles. The summed E-state index contributed by atoms with van der Waals surface area (Å²) in [6, 6.07) is 12.0. The first kappa shape index (κ1) is 14.5. The van der Waals surface area contributed by atoms with Crippen LogP contribution in [0.25, 0.3) is 22.2 Å². The van der Waals surface area contributed by atoms with Crippen LogP contribution in [0, 0.1) is 17.0 Å². The summed E-state index contributed by atoms with van der Waals surface area (Å²) in [6.07, 6.45) is 0. The predicted molar refractivity (Wildman–Crippen MR) is 89.1 cm³/mol. The lowest BCUT2D eigenvalue weighted by Crippen LogP contribution is -2.07. The topological polar surface area (TPSA) is 76.0 Å². The fourth-order valence-electron chi connectivity index (χ4n) is 2.28. The van der Waals surface area contributed by atoms with Gasteiger partial charge in [-0.25, -0.2) is 0 Å². The molecule has 6 heteroatoms. The van der Waals surface area contributed by atoms with Gasteiger partial charge in [0.25, 0.3) is 5.69 Å². The zero-order chi connectivity index (χ0) is 15.9. The van der Waals surface area contributed by atoms with Crippen LogP contribution in [0.1, 0.15) is 5.56 Å². The monoisotopic (exact) mass is 358 g/mol. The van der Waals surface area contributed by atoms with E-state index in [1.807, 2.05) is 31.2 Å². The number of nitro benzene ring substituents is 1. The number of nitrogens with one attached hydrogen (secondary N) is 1. The number of pyridine rings is 1. The minimum Gasteiger partial charge on any atom is -0.353 e. The van der Waals surface area contributed by atoms with E-state index in [0.29, 0.717) is 15.7 Å². The fraction of sp³-hybridized carbons (Fsp3) is 0.0625. The van der Waals surface area contributed by atoms with Crippen molar-refractivity contribution in [2.45, 2.75) is 6.92 Å². The molecule has 1 N–H and O–H groups in total. The highest BCUT2D eigenvalue weighted by Gasteiger charge is 2.14. The third kappa shape index (κ3) is 2.42. The summed E-state index contributed by atoms with van der Waals surface area (Å²) in [5.74, 6) is 0. The minimum absolute atomic E-state index is 0.104. The van der Waals surface area contributed by atoms with Crippen molar-refractivity contribution in [1.82, 2.24) is 4.98 Å². The second-order valence-electron chi connectivity index (χ2n) is 5.00. The van der Waals surface area contributed by atoms with Crippen LogP contribution >= 0.6 is 15.9 Å². The number of aromatic amines is 1. The molecule has 0 spiro atoms. The summed E-state index contributed by atoms with van der Waals surface area (Å²) < 4.78 is 0.365. The van der Waals surface area contributed by atoms with Crippen LogP contribution in [-0.2, 0) is 0 Å². The molecular formula is C16H11BrN2O3. The highest BCUT2D eigenvalue weighted by atomic mass is 79.9. The molecule has 0 amide bonds. The second kappa shape index (κ2) is 5.38. The molecule has 0 saturated carbocycles. The van der Waals surface area contributed by atoms with Gasteiger partial charge in [-0.1, -0.05) is 29.8 Å². The normalized spacial score (nSPS) is 10.8. The van der Waals surface area contributed by atoms with Gasteiger partial charge in [0.2, 0.25) is 5.43 Å². The lowest BCUT2D eigenvalue weighted by Gasteiger charge is -2.08. The third-order valence-corrected chi connectivity index (χ3v) is 4.23. The Morgan fingerprint density at radius 3 is 2.45 bits per heavy atom. The Labute approximate surface area is 133 Å². The number of benzene rings is 2. The van der Waals surface area contributed by atoms with Crippen molar-refractivity contribution in [1.29, 1.82) is 0 Å². The lowest BCUT2D eigenvalue weighted by atomic mass is 10.1. The zero-order valence-corrected chi connectivity index (χ0v) is 13.2. The van der Waals surface area contributed by atoms with Gasteiger partial charge in [0.15, 0.2) is 0 Å². The van der Waals surface area contributed by atoms with Crippen LogP contribution < -0.4 is 5.43 Å². The van der Waals surface area contributed by atoms with Crippen LogP contribution in [0.15, 0.2) is 51.7 Å². The molecule has 0 unspecified atom stereocenters. The standard InChI is InChI=1S/C16H11BrN2O3/c1-9-2-4-10(5-3-9)15-14(17)16(20)12-8-11(19(21)22)6-7-13(12)18-15/h2-8H,1H3,(H,18,20). The number of aromatic nitrogens is 1. The first-order valence-electron chi connectivity index (χ1n) is 6.54. The van der Waals surface area contributed by atoms with E-state index in [1.165, 1.54) is 12.1 Å². The Morgan fingerprint density at radius 2 is 1.82 bits per heavy atom. The number of halogens is 1. The number of hydrogen-bond donors (Lipinski definition) is 1. The largest absolute Gasteiger partial charge is 0.353 e. The van der Waals surface area contributed by atoms with E-state index in [0.717, 1.165) is 11.1 Å². The van der Waals surface area contributed by atoms with Crippen molar-refractivity contribution in [3.8, 4) is 11.3 Å². The molecule has 3 aromatic rings. The van der Waals surface area contributed by atoms with Gasteiger partial charge in [-0.2, -0.15) is 0 Å². The average Bonchev–Trinajstić information content (AvgIpc) is 2.51. The van der Waals surface area contributed by atoms with Gasteiger partial charge >= 0.3 is 0 Å². The number of nitrogens with zero attached hydrogens (tertiary/aromatic N) is 1. The number of hydrogen-bond acceptors (Lipinski definition) is 3. The number of H-pyrrole nitrogens is 1. The summed E-state index contributed by atoms with van der Waals surface area (Å²) in [7, 11) is 0. The maximum Gasteiger partial charge on any atom is 0.270 e. The Bertz CT molecular complexity index is 946. The van der Waals surface area contributed by atoms with Crippen LogP contribution in [0.4, 0.5) is 5.69 Å². The number of non-ortho nitro benzene ring substituents is 1. The predicted octanol–water partition coefficient (Wildman–Crippen LogP) is 4.17. The van der Waals surface area contributed by atoms with Crippen molar-refractivity contribution in [3.05, 3.63) is 72.8 Å². The summed E-state index contributed by atoms with van der Waals surface area (Å²) in [6.45, 7) is 1.99. The van der Waals surface area contributed by atoms with E-state index in [2.05, 4.69) is 20.9 Å². The van der Waals surface area contributed by atoms with Gasteiger partial charge in [0.1, 0.15) is 0 Å². The molecule has 0 atom stereocenters. The van der Waals surface area contributed by atoms with E-state index in [-0.39, 0.29) is 16.5 Å². The summed E-state index contributed by atoms with van der Waals surface area (Å²) >= 11 is 3.30. The molecule has 0 bridgehead atoms. The molecule has 1 heterocycles. The Morgan fingerprint density at radius 1 is 1.14 bits per heavy atom. The van der Waals surface area contributed by atoms with Gasteiger partial charge in [-0.05, 0) is 34.5 Å². The zero-order valence-electron chi connectivity index (χ0n) is 11.6. The Balaban J connectivity index is 2.28. The number of nitro groups is 1. The maximum absolute atomic E-state index is 12.5. The number of rotatable bonds is 2. The third-order valence-electron chi connectivity index (χ3n) is 3.48. The molecule has 3 rings (SSSR count). The first-order valence-corrected chi connectivity index (χ1v) is 7.33. The van der Waals surface area contributed by atoms with Crippen molar-refractivity contribution < 1.29 is 4.92 Å². The molecule has 0 fully saturated rings.